The molecule has 3 rings (SSSR count). The van der Waals surface area contributed by atoms with Gasteiger partial charge in [0.05, 0.1) is 13.2 Å². The molecular weight excluding hydrogens is 502 g/mol. The van der Waals surface area contributed by atoms with Crippen LogP contribution in [0.2, 0.25) is 0 Å². The Morgan fingerprint density at radius 3 is 1.05 bits per heavy atom. The van der Waals surface area contributed by atoms with Crippen LogP contribution >= 0.6 is 0 Å². The maximum Gasteiger partial charge on any atom is 0.172 e. The van der Waals surface area contributed by atoms with Crippen molar-refractivity contribution in [1.29, 1.82) is 0 Å². The molecule has 0 N–H and O–H groups in total. The topological polar surface area (TPSA) is 18.5 Å². The van der Waals surface area contributed by atoms with Gasteiger partial charge in [0.25, 0.3) is 0 Å². The Balaban J connectivity index is 1.46. The fraction of sp³-hybridized carbons (Fsp3) is 0.611. The molecule has 0 amide bonds. The van der Waals surface area contributed by atoms with Crippen LogP contribution in [0.15, 0.2) is 36.4 Å². The SMILES string of the molecule is CCCCCCCCCCCOc1ccc2c(ccc3c(F)c(OCCCCCCCCCCC)ccc32)c1F. The molecule has 0 aliphatic heterocycles. The van der Waals surface area contributed by atoms with Crippen molar-refractivity contribution in [2.75, 3.05) is 13.2 Å². The summed E-state index contributed by atoms with van der Waals surface area (Å²) in [6, 6.07) is 10.4. The standard InChI is InChI=1S/C36H52F2O2/c1-3-5-7-9-11-13-15-17-19-27-39-33-25-23-29-30-24-26-34(36(38)32(30)22-21-31(29)35(33)37)40-28-20-18-16-14-12-10-8-6-4-2/h21-26H,3-20,27-28H2,1-2H3. The molecule has 0 aliphatic rings. The van der Waals surface area contributed by atoms with Gasteiger partial charge in [-0.2, -0.15) is 0 Å². The summed E-state index contributed by atoms with van der Waals surface area (Å²) in [6.45, 7) is 5.51. The number of unbranched alkanes of at least 4 members (excludes halogenated alkanes) is 16. The first-order chi connectivity index (χ1) is 19.7. The van der Waals surface area contributed by atoms with E-state index in [4.69, 9.17) is 9.47 Å². The van der Waals surface area contributed by atoms with E-state index in [0.717, 1.165) is 25.7 Å². The molecule has 0 heterocycles. The lowest BCUT2D eigenvalue weighted by Gasteiger charge is -2.13. The van der Waals surface area contributed by atoms with E-state index in [0.29, 0.717) is 34.8 Å². The Bertz CT molecular complexity index is 1040. The van der Waals surface area contributed by atoms with Crippen LogP contribution in [0.25, 0.3) is 21.5 Å². The van der Waals surface area contributed by atoms with Crippen LogP contribution in [0, 0.1) is 11.6 Å². The molecule has 40 heavy (non-hydrogen) atoms. The average molecular weight is 555 g/mol. The molecule has 0 aliphatic carbocycles. The van der Waals surface area contributed by atoms with Gasteiger partial charge in [0, 0.05) is 10.8 Å². The molecule has 3 aromatic carbocycles. The van der Waals surface area contributed by atoms with Crippen molar-refractivity contribution in [3.63, 3.8) is 0 Å². The number of fused-ring (bicyclic) bond motifs is 3. The normalized spacial score (nSPS) is 11.5. The zero-order chi connectivity index (χ0) is 28.4. The molecule has 0 spiro atoms. The molecule has 0 aromatic heterocycles. The van der Waals surface area contributed by atoms with Crippen molar-refractivity contribution in [3.8, 4) is 11.5 Å². The van der Waals surface area contributed by atoms with Crippen LogP contribution in [0.4, 0.5) is 8.78 Å². The molecule has 0 bridgehead atoms. The van der Waals surface area contributed by atoms with Crippen molar-refractivity contribution in [1.82, 2.24) is 0 Å². The van der Waals surface area contributed by atoms with E-state index in [-0.39, 0.29) is 23.1 Å². The Morgan fingerprint density at radius 2 is 0.700 bits per heavy atom. The molecule has 2 nitrogen and oxygen atoms in total. The number of benzene rings is 3. The lowest BCUT2D eigenvalue weighted by molar-refractivity contribution is 0.291. The van der Waals surface area contributed by atoms with Crippen LogP contribution in [0.5, 0.6) is 11.5 Å². The summed E-state index contributed by atoms with van der Waals surface area (Å²) in [7, 11) is 0. The number of hydrogen-bond acceptors (Lipinski definition) is 2. The van der Waals surface area contributed by atoms with E-state index in [9.17, 15) is 0 Å². The Kier molecular flexibility index (Phi) is 15.2. The number of hydrogen-bond donors (Lipinski definition) is 0. The maximum atomic E-state index is 15.3. The summed E-state index contributed by atoms with van der Waals surface area (Å²) in [6.07, 6.45) is 22.2. The van der Waals surface area contributed by atoms with Crippen molar-refractivity contribution in [2.24, 2.45) is 0 Å². The molecule has 3 aromatic rings. The predicted molar refractivity (Wildman–Crippen MR) is 167 cm³/mol. The third-order valence-electron chi connectivity index (χ3n) is 8.01. The molecule has 222 valence electrons. The monoisotopic (exact) mass is 554 g/mol. The van der Waals surface area contributed by atoms with Crippen molar-refractivity contribution >= 4 is 21.5 Å². The first-order valence-electron chi connectivity index (χ1n) is 16.3. The largest absolute Gasteiger partial charge is 0.490 e. The Morgan fingerprint density at radius 1 is 0.400 bits per heavy atom. The van der Waals surface area contributed by atoms with Gasteiger partial charge >= 0.3 is 0 Å². The van der Waals surface area contributed by atoms with E-state index >= 15 is 8.78 Å². The van der Waals surface area contributed by atoms with Gasteiger partial charge in [0.2, 0.25) is 0 Å². The van der Waals surface area contributed by atoms with Gasteiger partial charge in [-0.15, -0.1) is 0 Å². The maximum absolute atomic E-state index is 15.3. The minimum Gasteiger partial charge on any atom is -0.490 e. The quantitative estimate of drug-likeness (QED) is 0.0908. The number of rotatable bonds is 22. The van der Waals surface area contributed by atoms with Crippen molar-refractivity contribution < 1.29 is 18.3 Å². The van der Waals surface area contributed by atoms with Gasteiger partial charge in [-0.05, 0) is 47.9 Å². The van der Waals surface area contributed by atoms with E-state index < -0.39 is 0 Å². The first kappa shape index (κ1) is 32.2. The highest BCUT2D eigenvalue weighted by molar-refractivity contribution is 6.08. The lowest BCUT2D eigenvalue weighted by Crippen LogP contribution is -2.01. The minimum atomic E-state index is -0.374. The van der Waals surface area contributed by atoms with Crippen LogP contribution < -0.4 is 9.47 Å². The van der Waals surface area contributed by atoms with Gasteiger partial charge < -0.3 is 9.47 Å². The van der Waals surface area contributed by atoms with Gasteiger partial charge in [0.1, 0.15) is 0 Å². The molecule has 0 radical (unpaired) electrons. The highest BCUT2D eigenvalue weighted by Gasteiger charge is 2.15. The van der Waals surface area contributed by atoms with Crippen molar-refractivity contribution in [3.05, 3.63) is 48.0 Å². The highest BCUT2D eigenvalue weighted by Crippen LogP contribution is 2.35. The van der Waals surface area contributed by atoms with E-state index in [1.807, 2.05) is 12.1 Å². The summed E-state index contributed by atoms with van der Waals surface area (Å²) in [5.74, 6) is -0.205. The van der Waals surface area contributed by atoms with E-state index in [1.165, 1.54) is 89.9 Å². The van der Waals surface area contributed by atoms with Crippen LogP contribution in [-0.4, -0.2) is 13.2 Å². The van der Waals surface area contributed by atoms with Crippen molar-refractivity contribution in [2.45, 2.75) is 129 Å². The zero-order valence-corrected chi connectivity index (χ0v) is 25.2. The second kappa shape index (κ2) is 18.9. The summed E-state index contributed by atoms with van der Waals surface area (Å²) in [5.41, 5.74) is 0. The molecule has 4 heteroatoms. The Hall–Kier alpha value is -2.36. The third kappa shape index (κ3) is 10.2. The van der Waals surface area contributed by atoms with Crippen LogP contribution in [0.1, 0.15) is 129 Å². The fourth-order valence-corrected chi connectivity index (χ4v) is 5.52. The molecule has 0 saturated heterocycles. The molecule has 0 fully saturated rings. The second-order valence-corrected chi connectivity index (χ2v) is 11.4. The summed E-state index contributed by atoms with van der Waals surface area (Å²) >= 11 is 0. The van der Waals surface area contributed by atoms with Gasteiger partial charge in [0.15, 0.2) is 23.1 Å². The van der Waals surface area contributed by atoms with Gasteiger partial charge in [-0.25, -0.2) is 8.78 Å². The number of halogens is 2. The molecule has 0 atom stereocenters. The fourth-order valence-electron chi connectivity index (χ4n) is 5.52. The van der Waals surface area contributed by atoms with Gasteiger partial charge in [-0.3, -0.25) is 0 Å². The lowest BCUT2D eigenvalue weighted by atomic mass is 10.0. The van der Waals surface area contributed by atoms with Gasteiger partial charge in [-0.1, -0.05) is 129 Å². The zero-order valence-electron chi connectivity index (χ0n) is 25.2. The summed E-state index contributed by atoms with van der Waals surface area (Å²) in [4.78, 5) is 0. The molecule has 0 unspecified atom stereocenters. The van der Waals surface area contributed by atoms with E-state index in [2.05, 4.69) is 13.8 Å². The second-order valence-electron chi connectivity index (χ2n) is 11.4. The predicted octanol–water partition coefficient (Wildman–Crippen LogP) is 12.1. The summed E-state index contributed by atoms with van der Waals surface area (Å²) < 4.78 is 42.1. The Labute approximate surface area is 241 Å². The van der Waals surface area contributed by atoms with Crippen LogP contribution in [-0.2, 0) is 0 Å². The van der Waals surface area contributed by atoms with Crippen LogP contribution in [0.3, 0.4) is 0 Å². The average Bonchev–Trinajstić information content (AvgIpc) is 2.97. The highest BCUT2D eigenvalue weighted by atomic mass is 19.1. The third-order valence-corrected chi connectivity index (χ3v) is 8.01. The molecular formula is C36H52F2O2. The molecule has 0 saturated carbocycles. The van der Waals surface area contributed by atoms with E-state index in [1.54, 1.807) is 24.3 Å². The first-order valence-corrected chi connectivity index (χ1v) is 16.3. The number of ether oxygens (including phenoxy) is 2. The minimum absolute atomic E-state index is 0.271. The smallest absolute Gasteiger partial charge is 0.172 e. The summed E-state index contributed by atoms with van der Waals surface area (Å²) in [5, 5.41) is 2.30.